The topological polar surface area (TPSA) is 72.8 Å². The summed E-state index contributed by atoms with van der Waals surface area (Å²) < 4.78 is 9.87. The van der Waals surface area contributed by atoms with Crippen molar-refractivity contribution in [3.63, 3.8) is 0 Å². The molecule has 0 aromatic carbocycles. The van der Waals surface area contributed by atoms with Gasteiger partial charge in [-0.3, -0.25) is 9.59 Å². The number of carbonyl (C=O) groups is 2. The van der Waals surface area contributed by atoms with E-state index in [1.54, 1.807) is 0 Å². The molecule has 4 atom stereocenters. The number of methoxy groups -OCH3 is 1. The number of fused-ring (bicyclic) bond motifs is 1. The highest BCUT2D eigenvalue weighted by Gasteiger charge is 2.57. The van der Waals surface area contributed by atoms with Crippen molar-refractivity contribution < 1.29 is 24.2 Å². The summed E-state index contributed by atoms with van der Waals surface area (Å²) in [4.78, 5) is 24.0. The van der Waals surface area contributed by atoms with Crippen molar-refractivity contribution in [2.75, 3.05) is 20.3 Å². The maximum absolute atomic E-state index is 12.1. The average Bonchev–Trinajstić information content (AvgIpc) is 2.42. The Hall–Kier alpha value is -1.36. The second kappa shape index (κ2) is 6.88. The minimum Gasteiger partial charge on any atom is -0.469 e. The van der Waals surface area contributed by atoms with Crippen LogP contribution in [0.1, 0.15) is 25.7 Å². The van der Waals surface area contributed by atoms with Crippen LogP contribution in [0.25, 0.3) is 0 Å². The predicted octanol–water partition coefficient (Wildman–Crippen LogP) is 1.30. The van der Waals surface area contributed by atoms with Crippen LogP contribution in [-0.2, 0) is 19.1 Å². The Morgan fingerprint density at radius 1 is 1.10 bits per heavy atom. The molecule has 1 saturated carbocycles. The highest BCUT2D eigenvalue weighted by atomic mass is 16.5. The number of rotatable bonds is 4. The maximum Gasteiger partial charge on any atom is 0.310 e. The first kappa shape index (κ1) is 15.0. The Labute approximate surface area is 118 Å². The third-order valence-electron chi connectivity index (χ3n) is 4.44. The number of hydrogen-bond donors (Lipinski definition) is 1. The van der Waals surface area contributed by atoms with E-state index in [0.29, 0.717) is 0 Å². The molecule has 2 aliphatic rings. The number of carbonyl (C=O) groups excluding carboxylic acids is 2. The summed E-state index contributed by atoms with van der Waals surface area (Å²) in [7, 11) is 1.36. The number of allylic oxidation sites excluding steroid dienone is 2. The second-order valence-corrected chi connectivity index (χ2v) is 5.42. The Kier molecular flexibility index (Phi) is 5.17. The highest BCUT2D eigenvalue weighted by Crippen LogP contribution is 2.52. The van der Waals surface area contributed by atoms with Gasteiger partial charge in [-0.05, 0) is 37.5 Å². The van der Waals surface area contributed by atoms with Crippen LogP contribution in [0.2, 0.25) is 0 Å². The lowest BCUT2D eigenvalue weighted by Gasteiger charge is -2.49. The lowest BCUT2D eigenvalue weighted by Crippen LogP contribution is -2.55. The van der Waals surface area contributed by atoms with E-state index in [1.165, 1.54) is 7.11 Å². The molecule has 0 aromatic rings. The first-order valence-corrected chi connectivity index (χ1v) is 7.21. The molecule has 1 fully saturated rings. The van der Waals surface area contributed by atoms with Crippen LogP contribution in [0.3, 0.4) is 0 Å². The van der Waals surface area contributed by atoms with Gasteiger partial charge in [-0.2, -0.15) is 0 Å². The summed E-state index contributed by atoms with van der Waals surface area (Å²) in [6.07, 6.45) is 7.95. The van der Waals surface area contributed by atoms with Crippen LogP contribution >= 0.6 is 0 Å². The van der Waals surface area contributed by atoms with Gasteiger partial charge in [0.25, 0.3) is 0 Å². The maximum atomic E-state index is 12.1. The molecule has 0 saturated heterocycles. The molecule has 0 spiro atoms. The van der Waals surface area contributed by atoms with Crippen molar-refractivity contribution in [2.45, 2.75) is 25.7 Å². The van der Waals surface area contributed by atoms with Crippen LogP contribution in [0.4, 0.5) is 0 Å². The summed E-state index contributed by atoms with van der Waals surface area (Å²) >= 11 is 0. The molecule has 0 amide bonds. The fourth-order valence-corrected chi connectivity index (χ4v) is 3.54. The number of hydrogen-bond acceptors (Lipinski definition) is 5. The van der Waals surface area contributed by atoms with E-state index in [1.807, 2.05) is 0 Å². The SMILES string of the molecule is COC(=O)[C@H]1[C@H]2CC/C=C/CC[C@@H]2[C@H]1C(=O)OCCO. The fourth-order valence-electron chi connectivity index (χ4n) is 3.54. The van der Waals surface area contributed by atoms with Crippen molar-refractivity contribution in [1.82, 2.24) is 0 Å². The standard InChI is InChI=1S/C15H22O5/c1-19-14(17)12-10-6-4-2-3-5-7-11(10)13(12)15(18)20-9-8-16/h2-3,10-13,16H,4-9H2,1H3/b3-2+/t10-,11-,12-,13+/m0/s1. The van der Waals surface area contributed by atoms with Crippen LogP contribution in [-0.4, -0.2) is 37.4 Å². The first-order chi connectivity index (χ1) is 9.70. The van der Waals surface area contributed by atoms with Gasteiger partial charge < -0.3 is 14.6 Å². The Morgan fingerprint density at radius 2 is 1.65 bits per heavy atom. The second-order valence-electron chi connectivity index (χ2n) is 5.42. The lowest BCUT2D eigenvalue weighted by atomic mass is 9.53. The zero-order valence-electron chi connectivity index (χ0n) is 11.8. The van der Waals surface area contributed by atoms with E-state index in [2.05, 4.69) is 12.2 Å². The quantitative estimate of drug-likeness (QED) is 0.621. The molecular weight excluding hydrogens is 260 g/mol. The van der Waals surface area contributed by atoms with Crippen molar-refractivity contribution in [2.24, 2.45) is 23.7 Å². The lowest BCUT2D eigenvalue weighted by molar-refractivity contribution is -0.182. The van der Waals surface area contributed by atoms with E-state index < -0.39 is 5.92 Å². The fraction of sp³-hybridized carbons (Fsp3) is 0.733. The van der Waals surface area contributed by atoms with Crippen LogP contribution in [0.15, 0.2) is 12.2 Å². The van der Waals surface area contributed by atoms with Gasteiger partial charge in [-0.15, -0.1) is 0 Å². The zero-order valence-corrected chi connectivity index (χ0v) is 11.8. The van der Waals surface area contributed by atoms with E-state index in [4.69, 9.17) is 14.6 Å². The molecule has 0 aromatic heterocycles. The summed E-state index contributed by atoms with van der Waals surface area (Å²) in [6, 6.07) is 0. The largest absolute Gasteiger partial charge is 0.469 e. The number of ether oxygens (including phenoxy) is 2. The van der Waals surface area contributed by atoms with Gasteiger partial charge in [0.2, 0.25) is 0 Å². The van der Waals surface area contributed by atoms with E-state index in [0.717, 1.165) is 25.7 Å². The molecule has 5 nitrogen and oxygen atoms in total. The number of aliphatic hydroxyl groups is 1. The predicted molar refractivity (Wildman–Crippen MR) is 71.6 cm³/mol. The molecule has 0 unspecified atom stereocenters. The first-order valence-electron chi connectivity index (χ1n) is 7.21. The molecule has 112 valence electrons. The summed E-state index contributed by atoms with van der Waals surface area (Å²) in [5.41, 5.74) is 0. The summed E-state index contributed by atoms with van der Waals surface area (Å²) in [5.74, 6) is -1.09. The highest BCUT2D eigenvalue weighted by molar-refractivity contribution is 5.84. The van der Waals surface area contributed by atoms with Crippen LogP contribution < -0.4 is 0 Å². The minimum absolute atomic E-state index is 0.0134. The van der Waals surface area contributed by atoms with E-state index >= 15 is 0 Å². The van der Waals surface area contributed by atoms with Crippen molar-refractivity contribution in [1.29, 1.82) is 0 Å². The molecule has 5 heteroatoms. The monoisotopic (exact) mass is 282 g/mol. The molecule has 0 bridgehead atoms. The molecule has 1 N–H and O–H groups in total. The normalized spacial score (nSPS) is 33.9. The third-order valence-corrected chi connectivity index (χ3v) is 4.44. The van der Waals surface area contributed by atoms with Gasteiger partial charge in [0, 0.05) is 0 Å². The van der Waals surface area contributed by atoms with E-state index in [9.17, 15) is 9.59 Å². The Bertz CT molecular complexity index is 390. The van der Waals surface area contributed by atoms with Gasteiger partial charge in [-0.25, -0.2) is 0 Å². The molecule has 2 rings (SSSR count). The molecule has 0 heterocycles. The van der Waals surface area contributed by atoms with Crippen molar-refractivity contribution in [3.05, 3.63) is 12.2 Å². The molecule has 2 aliphatic carbocycles. The smallest absolute Gasteiger partial charge is 0.310 e. The van der Waals surface area contributed by atoms with Gasteiger partial charge in [0.15, 0.2) is 0 Å². The zero-order chi connectivity index (χ0) is 14.5. The summed E-state index contributed by atoms with van der Waals surface area (Å²) in [5, 5.41) is 8.75. The van der Waals surface area contributed by atoms with Crippen LogP contribution in [0, 0.1) is 23.7 Å². The molecule has 20 heavy (non-hydrogen) atoms. The molecule has 0 radical (unpaired) electrons. The molecule has 0 aliphatic heterocycles. The van der Waals surface area contributed by atoms with E-state index in [-0.39, 0.29) is 42.9 Å². The average molecular weight is 282 g/mol. The number of aliphatic hydroxyl groups excluding tert-OH is 1. The Morgan fingerprint density at radius 3 is 2.15 bits per heavy atom. The number of esters is 2. The van der Waals surface area contributed by atoms with Gasteiger partial charge in [0.05, 0.1) is 25.6 Å². The summed E-state index contributed by atoms with van der Waals surface area (Å²) in [6.45, 7) is -0.210. The molecular formula is C15H22O5. The van der Waals surface area contributed by atoms with Gasteiger partial charge in [-0.1, -0.05) is 12.2 Å². The Balaban J connectivity index is 2.11. The van der Waals surface area contributed by atoms with Crippen LogP contribution in [0.5, 0.6) is 0 Å². The minimum atomic E-state index is -0.412. The third kappa shape index (κ3) is 2.87. The van der Waals surface area contributed by atoms with Gasteiger partial charge in [0.1, 0.15) is 6.61 Å². The van der Waals surface area contributed by atoms with Gasteiger partial charge >= 0.3 is 11.9 Å². The van der Waals surface area contributed by atoms with Crippen molar-refractivity contribution in [3.8, 4) is 0 Å². The van der Waals surface area contributed by atoms with Crippen molar-refractivity contribution >= 4 is 11.9 Å².